The Morgan fingerprint density at radius 3 is 2.29 bits per heavy atom. The van der Waals surface area contributed by atoms with Crippen molar-refractivity contribution >= 4 is 47.1 Å². The van der Waals surface area contributed by atoms with Crippen LogP contribution in [0.4, 0.5) is 11.4 Å². The molecule has 0 bridgehead atoms. The van der Waals surface area contributed by atoms with Crippen LogP contribution in [0.5, 0.6) is 0 Å². The molecule has 0 saturated carbocycles. The van der Waals surface area contributed by atoms with Crippen LogP contribution < -0.4 is 15.5 Å². The molecule has 1 aliphatic rings. The zero-order chi connectivity index (χ0) is 29.5. The Bertz CT molecular complexity index is 1550. The summed E-state index contributed by atoms with van der Waals surface area (Å²) in [7, 11) is 1.21. The van der Waals surface area contributed by atoms with E-state index >= 15 is 0 Å². The number of para-hydroxylation sites is 1. The van der Waals surface area contributed by atoms with Crippen molar-refractivity contribution in [1.82, 2.24) is 5.32 Å². The topological polar surface area (TPSA) is 144 Å². The van der Waals surface area contributed by atoms with E-state index in [1.807, 2.05) is 0 Å². The summed E-state index contributed by atoms with van der Waals surface area (Å²) in [5.41, 5.74) is 1.66. The van der Waals surface area contributed by atoms with E-state index in [1.54, 1.807) is 68.4 Å². The number of amides is 3. The maximum Gasteiger partial charge on any atom is 0.340 e. The van der Waals surface area contributed by atoms with Crippen LogP contribution in [-0.4, -0.2) is 43.4 Å². The number of benzene rings is 2. The first kappa shape index (κ1) is 28.6. The van der Waals surface area contributed by atoms with Gasteiger partial charge in [0.25, 0.3) is 5.91 Å². The highest BCUT2D eigenvalue weighted by Gasteiger charge is 2.38. The number of nitrogens with one attached hydrogen (secondary N) is 2. The second-order valence-electron chi connectivity index (χ2n) is 8.72. The number of esters is 2. The first-order chi connectivity index (χ1) is 19.7. The lowest BCUT2D eigenvalue weighted by molar-refractivity contribution is -0.136. The smallest absolute Gasteiger partial charge is 0.340 e. The van der Waals surface area contributed by atoms with Crippen molar-refractivity contribution in [3.8, 4) is 0 Å². The van der Waals surface area contributed by atoms with Crippen molar-refractivity contribution in [3.05, 3.63) is 101 Å². The lowest BCUT2D eigenvalue weighted by atomic mass is 10.1. The Morgan fingerprint density at radius 1 is 0.927 bits per heavy atom. The van der Waals surface area contributed by atoms with E-state index in [0.717, 1.165) is 0 Å². The molecular weight excluding hydrogens is 530 g/mol. The van der Waals surface area contributed by atoms with Gasteiger partial charge >= 0.3 is 23.8 Å². The van der Waals surface area contributed by atoms with E-state index in [9.17, 15) is 24.0 Å². The van der Waals surface area contributed by atoms with Crippen molar-refractivity contribution < 1.29 is 37.9 Å². The maximum absolute atomic E-state index is 13.5. The quantitative estimate of drug-likeness (QED) is 0.243. The predicted molar refractivity (Wildman–Crippen MR) is 148 cm³/mol. The van der Waals surface area contributed by atoms with E-state index in [4.69, 9.17) is 13.9 Å². The largest absolute Gasteiger partial charge is 0.465 e. The Kier molecular flexibility index (Phi) is 8.78. The Morgan fingerprint density at radius 2 is 1.63 bits per heavy atom. The van der Waals surface area contributed by atoms with Gasteiger partial charge in [-0.15, -0.1) is 0 Å². The molecule has 0 aliphatic carbocycles. The van der Waals surface area contributed by atoms with Crippen molar-refractivity contribution in [3.63, 3.8) is 0 Å². The first-order valence-corrected chi connectivity index (χ1v) is 12.6. The summed E-state index contributed by atoms with van der Waals surface area (Å²) in [6.07, 6.45) is 1.40. The van der Waals surface area contributed by atoms with Gasteiger partial charge in [-0.3, -0.25) is 19.3 Å². The maximum atomic E-state index is 13.5. The molecule has 4 rings (SSSR count). The Balaban J connectivity index is 1.50. The Hall–Kier alpha value is -5.45. The lowest BCUT2D eigenvalue weighted by Crippen LogP contribution is -2.34. The number of rotatable bonds is 8. The monoisotopic (exact) mass is 557 g/mol. The second-order valence-corrected chi connectivity index (χ2v) is 8.72. The molecule has 210 valence electrons. The summed E-state index contributed by atoms with van der Waals surface area (Å²) in [5, 5.41) is 4.96. The fourth-order valence-corrected chi connectivity index (χ4v) is 4.12. The third-order valence-electron chi connectivity index (χ3n) is 6.06. The van der Waals surface area contributed by atoms with Crippen molar-refractivity contribution in [2.24, 2.45) is 0 Å². The fourth-order valence-electron chi connectivity index (χ4n) is 4.12. The number of furan rings is 1. The van der Waals surface area contributed by atoms with E-state index in [1.165, 1.54) is 30.2 Å². The molecule has 1 aromatic heterocycles. The van der Waals surface area contributed by atoms with Gasteiger partial charge in [0.1, 0.15) is 11.5 Å². The van der Waals surface area contributed by atoms with Gasteiger partial charge in [-0.2, -0.15) is 0 Å². The summed E-state index contributed by atoms with van der Waals surface area (Å²) in [6, 6.07) is 17.9. The SMILES string of the molecule is CCOC(=O)c1ccc(N2C(=O)/C(=C/c3ccc(CNC(=O)C(=O)Nc4ccccc4)o3)C(C(=O)OC)=C2C)cc1. The van der Waals surface area contributed by atoms with E-state index in [-0.39, 0.29) is 30.1 Å². The molecule has 0 saturated heterocycles. The summed E-state index contributed by atoms with van der Waals surface area (Å²) in [6.45, 7) is 3.45. The lowest BCUT2D eigenvalue weighted by Gasteiger charge is -2.18. The molecule has 3 aromatic rings. The molecule has 3 amide bonds. The van der Waals surface area contributed by atoms with Crippen molar-refractivity contribution in [1.29, 1.82) is 0 Å². The molecule has 0 unspecified atom stereocenters. The molecule has 2 heterocycles. The van der Waals surface area contributed by atoms with Crippen LogP contribution in [-0.2, 0) is 35.2 Å². The number of nitrogens with zero attached hydrogens (tertiary/aromatic N) is 1. The number of methoxy groups -OCH3 is 1. The minimum Gasteiger partial charge on any atom is -0.465 e. The normalized spacial score (nSPS) is 13.8. The number of hydrogen-bond acceptors (Lipinski definition) is 8. The molecule has 11 heteroatoms. The van der Waals surface area contributed by atoms with Gasteiger partial charge in [-0.1, -0.05) is 18.2 Å². The van der Waals surface area contributed by atoms with Gasteiger partial charge < -0.3 is 24.5 Å². The van der Waals surface area contributed by atoms with Gasteiger partial charge in [-0.25, -0.2) is 9.59 Å². The van der Waals surface area contributed by atoms with Crippen LogP contribution in [0.2, 0.25) is 0 Å². The van der Waals surface area contributed by atoms with Crippen LogP contribution in [0.15, 0.2) is 88.0 Å². The van der Waals surface area contributed by atoms with Crippen molar-refractivity contribution in [2.45, 2.75) is 20.4 Å². The van der Waals surface area contributed by atoms with Gasteiger partial charge in [-0.05, 0) is 68.5 Å². The number of carbonyl (C=O) groups excluding carboxylic acids is 5. The molecule has 0 fully saturated rings. The third kappa shape index (κ3) is 6.41. The number of carbonyl (C=O) groups is 5. The fraction of sp³-hybridized carbons (Fsp3) is 0.167. The van der Waals surface area contributed by atoms with E-state index in [2.05, 4.69) is 10.6 Å². The summed E-state index contributed by atoms with van der Waals surface area (Å²) < 4.78 is 15.6. The minimum atomic E-state index is -0.854. The Labute approximate surface area is 235 Å². The van der Waals surface area contributed by atoms with E-state index in [0.29, 0.717) is 28.4 Å². The van der Waals surface area contributed by atoms with Crippen LogP contribution in [0.3, 0.4) is 0 Å². The number of ether oxygens (including phenoxy) is 2. The van der Waals surface area contributed by atoms with Crippen LogP contribution in [0.1, 0.15) is 35.7 Å². The molecule has 41 heavy (non-hydrogen) atoms. The molecule has 2 aromatic carbocycles. The van der Waals surface area contributed by atoms with E-state index < -0.39 is 29.7 Å². The molecule has 1 aliphatic heterocycles. The number of allylic oxidation sites excluding steroid dienone is 1. The van der Waals surface area contributed by atoms with Gasteiger partial charge in [0.05, 0.1) is 37.0 Å². The molecule has 2 N–H and O–H groups in total. The molecular formula is C30H27N3O8. The third-order valence-corrected chi connectivity index (χ3v) is 6.06. The average Bonchev–Trinajstić information content (AvgIpc) is 3.53. The van der Waals surface area contributed by atoms with Gasteiger partial charge in [0, 0.05) is 17.1 Å². The van der Waals surface area contributed by atoms with Crippen LogP contribution in [0, 0.1) is 0 Å². The molecule has 0 spiro atoms. The second kappa shape index (κ2) is 12.6. The highest BCUT2D eigenvalue weighted by atomic mass is 16.5. The minimum absolute atomic E-state index is 0.0380. The summed E-state index contributed by atoms with van der Waals surface area (Å²) in [5.74, 6) is -2.84. The van der Waals surface area contributed by atoms with Gasteiger partial charge in [0.15, 0.2) is 0 Å². The summed E-state index contributed by atoms with van der Waals surface area (Å²) in [4.78, 5) is 63.8. The molecule has 11 nitrogen and oxygen atoms in total. The average molecular weight is 558 g/mol. The standard InChI is InChI=1S/C30H27N3O8/c1-4-40-29(37)19-10-12-21(13-11-19)33-18(2)25(30(38)39-3)24(28(33)36)16-22-14-15-23(41-22)17-31-26(34)27(35)32-20-8-6-5-7-9-20/h5-16H,4,17H2,1-3H3,(H,31,34)(H,32,35)/b24-16+. The van der Waals surface area contributed by atoms with Gasteiger partial charge in [0.2, 0.25) is 0 Å². The van der Waals surface area contributed by atoms with Crippen molar-refractivity contribution in [2.75, 3.05) is 23.9 Å². The predicted octanol–water partition coefficient (Wildman–Crippen LogP) is 3.59. The highest BCUT2D eigenvalue weighted by molar-refractivity contribution is 6.39. The van der Waals surface area contributed by atoms with Crippen LogP contribution in [0.25, 0.3) is 6.08 Å². The number of anilines is 2. The zero-order valence-corrected chi connectivity index (χ0v) is 22.6. The van der Waals surface area contributed by atoms with Crippen LogP contribution >= 0.6 is 0 Å². The first-order valence-electron chi connectivity index (χ1n) is 12.6. The zero-order valence-electron chi connectivity index (χ0n) is 22.6. The summed E-state index contributed by atoms with van der Waals surface area (Å²) >= 11 is 0. The molecule has 0 atom stereocenters. The highest BCUT2D eigenvalue weighted by Crippen LogP contribution is 2.35. The molecule has 0 radical (unpaired) electrons. The number of hydrogen-bond donors (Lipinski definition) is 2.